The molecule has 0 aliphatic rings. The molecule has 15 heavy (non-hydrogen) atoms. The van der Waals surface area contributed by atoms with Crippen molar-refractivity contribution < 1.29 is 0 Å². The maximum atomic E-state index is 8.99. The van der Waals surface area contributed by atoms with Crippen molar-refractivity contribution in [2.45, 2.75) is 6.92 Å². The van der Waals surface area contributed by atoms with Crippen LogP contribution in [0.25, 0.3) is 0 Å². The molecule has 0 fully saturated rings. The van der Waals surface area contributed by atoms with E-state index in [0.29, 0.717) is 5.70 Å². The van der Waals surface area contributed by atoms with Crippen LogP contribution in [-0.4, -0.2) is 7.05 Å². The van der Waals surface area contributed by atoms with Gasteiger partial charge in [0.1, 0.15) is 11.8 Å². The third-order valence-corrected chi connectivity index (χ3v) is 2.07. The number of hydrogen-bond acceptors (Lipinski definition) is 2. The van der Waals surface area contributed by atoms with Gasteiger partial charge in [-0.25, -0.2) is 0 Å². The highest BCUT2D eigenvalue weighted by atomic mass is 15.1. The van der Waals surface area contributed by atoms with Gasteiger partial charge in [-0.05, 0) is 25.1 Å². The maximum absolute atomic E-state index is 8.99. The summed E-state index contributed by atoms with van der Waals surface area (Å²) in [5.41, 5.74) is 1.63. The first kappa shape index (κ1) is 11.1. The Hall–Kier alpha value is -2.01. The molecule has 0 saturated carbocycles. The molecular formula is C13H14N2. The van der Waals surface area contributed by atoms with Crippen molar-refractivity contribution in [3.8, 4) is 6.07 Å². The van der Waals surface area contributed by atoms with Crippen LogP contribution in [0.3, 0.4) is 0 Å². The zero-order valence-electron chi connectivity index (χ0n) is 9.01. The van der Waals surface area contributed by atoms with Gasteiger partial charge in [0.15, 0.2) is 0 Å². The lowest BCUT2D eigenvalue weighted by Crippen LogP contribution is -2.14. The molecule has 0 saturated heterocycles. The van der Waals surface area contributed by atoms with Crippen LogP contribution in [-0.2, 0) is 0 Å². The minimum Gasteiger partial charge on any atom is -0.336 e. The number of allylic oxidation sites excluding steroid dienone is 4. The quantitative estimate of drug-likeness (QED) is 0.551. The van der Waals surface area contributed by atoms with E-state index in [4.69, 9.17) is 5.26 Å². The first-order valence-electron chi connectivity index (χ1n) is 4.81. The Morgan fingerprint density at radius 2 is 2.00 bits per heavy atom. The van der Waals surface area contributed by atoms with Crippen LogP contribution in [0.5, 0.6) is 0 Å². The fourth-order valence-corrected chi connectivity index (χ4v) is 1.20. The number of rotatable bonds is 3. The average Bonchev–Trinajstić information content (AvgIpc) is 2.31. The summed E-state index contributed by atoms with van der Waals surface area (Å²) in [5.74, 6) is 0. The average molecular weight is 198 g/mol. The molecule has 1 aromatic rings. The molecule has 0 atom stereocenters. The second kappa shape index (κ2) is 5.66. The Kier molecular flexibility index (Phi) is 4.18. The van der Waals surface area contributed by atoms with Gasteiger partial charge in [-0.2, -0.15) is 5.26 Å². The second-order valence-corrected chi connectivity index (χ2v) is 3.08. The lowest BCUT2D eigenvalue weighted by molar-refractivity contribution is 1.14. The SMILES string of the molecule is C/C=C/C=C(\C#N)N(C)c1ccccc1. The van der Waals surface area contributed by atoms with Crippen LogP contribution in [0, 0.1) is 11.3 Å². The Labute approximate surface area is 90.8 Å². The van der Waals surface area contributed by atoms with Gasteiger partial charge in [-0.1, -0.05) is 30.4 Å². The smallest absolute Gasteiger partial charge is 0.120 e. The highest BCUT2D eigenvalue weighted by Gasteiger charge is 2.03. The Morgan fingerprint density at radius 1 is 1.33 bits per heavy atom. The van der Waals surface area contributed by atoms with E-state index in [2.05, 4.69) is 6.07 Å². The minimum absolute atomic E-state index is 0.624. The summed E-state index contributed by atoms with van der Waals surface area (Å²) in [6.45, 7) is 1.92. The number of benzene rings is 1. The van der Waals surface area contributed by atoms with Crippen molar-refractivity contribution >= 4 is 5.69 Å². The van der Waals surface area contributed by atoms with E-state index in [1.54, 1.807) is 6.08 Å². The van der Waals surface area contributed by atoms with Gasteiger partial charge >= 0.3 is 0 Å². The lowest BCUT2D eigenvalue weighted by Gasteiger charge is -2.17. The van der Waals surface area contributed by atoms with Crippen LogP contribution >= 0.6 is 0 Å². The fraction of sp³-hybridized carbons (Fsp3) is 0.154. The van der Waals surface area contributed by atoms with Crippen molar-refractivity contribution in [3.05, 3.63) is 54.3 Å². The van der Waals surface area contributed by atoms with Crippen LogP contribution in [0.2, 0.25) is 0 Å². The van der Waals surface area contributed by atoms with Crippen molar-refractivity contribution in [1.29, 1.82) is 5.26 Å². The maximum Gasteiger partial charge on any atom is 0.120 e. The number of anilines is 1. The summed E-state index contributed by atoms with van der Waals surface area (Å²) in [4.78, 5) is 1.86. The van der Waals surface area contributed by atoms with E-state index in [1.807, 2.05) is 61.4 Å². The summed E-state index contributed by atoms with van der Waals surface area (Å²) in [6.07, 6.45) is 5.56. The van der Waals surface area contributed by atoms with Crippen LogP contribution in [0.1, 0.15) is 6.92 Å². The predicted octanol–water partition coefficient (Wildman–Crippen LogP) is 3.11. The van der Waals surface area contributed by atoms with Gasteiger partial charge < -0.3 is 4.90 Å². The minimum atomic E-state index is 0.624. The van der Waals surface area contributed by atoms with Gasteiger partial charge in [0, 0.05) is 12.7 Å². The Bertz CT molecular complexity index is 396. The number of nitrogens with zero attached hydrogens (tertiary/aromatic N) is 2. The molecule has 0 aliphatic carbocycles. The third-order valence-electron chi connectivity index (χ3n) is 2.07. The normalized spacial score (nSPS) is 11.4. The molecule has 0 amide bonds. The third kappa shape index (κ3) is 2.99. The van der Waals surface area contributed by atoms with E-state index in [0.717, 1.165) is 5.69 Å². The molecule has 76 valence electrons. The molecule has 0 aromatic heterocycles. The van der Waals surface area contributed by atoms with E-state index in [1.165, 1.54) is 0 Å². The summed E-state index contributed by atoms with van der Waals surface area (Å²) < 4.78 is 0. The topological polar surface area (TPSA) is 27.0 Å². The molecule has 0 bridgehead atoms. The first-order valence-corrected chi connectivity index (χ1v) is 4.81. The Balaban J connectivity index is 2.93. The highest BCUT2D eigenvalue weighted by Crippen LogP contribution is 2.15. The highest BCUT2D eigenvalue weighted by molar-refractivity contribution is 5.54. The molecule has 0 N–H and O–H groups in total. The summed E-state index contributed by atoms with van der Waals surface area (Å²) in [5, 5.41) is 8.99. The number of nitriles is 1. The lowest BCUT2D eigenvalue weighted by atomic mass is 10.2. The molecule has 0 radical (unpaired) electrons. The standard InChI is InChI=1S/C13H14N2/c1-3-4-8-13(11-14)15(2)12-9-6-5-7-10-12/h3-10H,1-2H3/b4-3+,13-8+. The van der Waals surface area contributed by atoms with E-state index >= 15 is 0 Å². The molecule has 1 rings (SSSR count). The zero-order valence-corrected chi connectivity index (χ0v) is 9.01. The molecule has 0 aliphatic heterocycles. The summed E-state index contributed by atoms with van der Waals surface area (Å²) in [6, 6.07) is 12.0. The van der Waals surface area contributed by atoms with Gasteiger partial charge in [0.2, 0.25) is 0 Å². The van der Waals surface area contributed by atoms with Gasteiger partial charge in [-0.3, -0.25) is 0 Å². The van der Waals surface area contributed by atoms with Crippen LogP contribution < -0.4 is 4.90 Å². The molecule has 2 heteroatoms. The number of para-hydroxylation sites is 1. The largest absolute Gasteiger partial charge is 0.336 e. The van der Waals surface area contributed by atoms with Crippen molar-refractivity contribution in [2.75, 3.05) is 11.9 Å². The molecule has 1 aromatic carbocycles. The fourth-order valence-electron chi connectivity index (χ4n) is 1.20. The van der Waals surface area contributed by atoms with E-state index in [-0.39, 0.29) is 0 Å². The van der Waals surface area contributed by atoms with E-state index in [9.17, 15) is 0 Å². The zero-order chi connectivity index (χ0) is 11.1. The summed E-state index contributed by atoms with van der Waals surface area (Å²) in [7, 11) is 1.88. The second-order valence-electron chi connectivity index (χ2n) is 3.08. The van der Waals surface area contributed by atoms with Crippen LogP contribution in [0.15, 0.2) is 54.3 Å². The molecule has 0 heterocycles. The molecule has 0 unspecified atom stereocenters. The van der Waals surface area contributed by atoms with Crippen molar-refractivity contribution in [2.24, 2.45) is 0 Å². The molecule has 0 spiro atoms. The predicted molar refractivity (Wildman–Crippen MR) is 63.4 cm³/mol. The van der Waals surface area contributed by atoms with Crippen molar-refractivity contribution in [3.63, 3.8) is 0 Å². The van der Waals surface area contributed by atoms with Gasteiger partial charge in [0.25, 0.3) is 0 Å². The van der Waals surface area contributed by atoms with Gasteiger partial charge in [-0.15, -0.1) is 0 Å². The summed E-state index contributed by atoms with van der Waals surface area (Å²) >= 11 is 0. The Morgan fingerprint density at radius 3 is 2.53 bits per heavy atom. The van der Waals surface area contributed by atoms with E-state index < -0.39 is 0 Å². The van der Waals surface area contributed by atoms with Crippen molar-refractivity contribution in [1.82, 2.24) is 0 Å². The monoisotopic (exact) mass is 198 g/mol. The van der Waals surface area contributed by atoms with Crippen LogP contribution in [0.4, 0.5) is 5.69 Å². The van der Waals surface area contributed by atoms with Gasteiger partial charge in [0.05, 0.1) is 0 Å². The first-order chi connectivity index (χ1) is 7.29. The molecule has 2 nitrogen and oxygen atoms in total. The molecular weight excluding hydrogens is 184 g/mol. The number of hydrogen-bond donors (Lipinski definition) is 0.